The van der Waals surface area contributed by atoms with Crippen LogP contribution in [0.5, 0.6) is 0 Å². The molecule has 0 spiro atoms. The molecular weight excluding hydrogens is 434 g/mol. The number of benzene rings is 1. The van der Waals surface area contributed by atoms with Gasteiger partial charge >= 0.3 is 5.51 Å². The molecule has 2 N–H and O–H groups in total. The summed E-state index contributed by atoms with van der Waals surface area (Å²) in [5.41, 5.74) is -4.39. The number of sulfonamides is 1. The van der Waals surface area contributed by atoms with Crippen LogP contribution in [0.15, 0.2) is 34.1 Å². The van der Waals surface area contributed by atoms with Crippen LogP contribution in [-0.2, 0) is 10.0 Å². The molecule has 1 saturated heterocycles. The van der Waals surface area contributed by atoms with E-state index in [0.29, 0.717) is 13.0 Å². The monoisotopic (exact) mass is 455 g/mol. The fourth-order valence-corrected chi connectivity index (χ4v) is 3.96. The molecule has 0 aromatic heterocycles. The highest BCUT2D eigenvalue weighted by molar-refractivity contribution is 8.00. The third-order valence-corrected chi connectivity index (χ3v) is 5.74. The van der Waals surface area contributed by atoms with E-state index in [2.05, 4.69) is 14.9 Å². The van der Waals surface area contributed by atoms with Gasteiger partial charge in [-0.05, 0) is 49.0 Å². The molecular formula is C14H22Cl2F3N3O2S2. The number of nitrogens with one attached hydrogen (secondary N) is 2. The van der Waals surface area contributed by atoms with Gasteiger partial charge in [0.1, 0.15) is 0 Å². The first kappa shape index (κ1) is 25.8. The number of alkyl halides is 3. The Bertz CT molecular complexity index is 625. The molecule has 0 bridgehead atoms. The normalized spacial score (nSPS) is 15.8. The van der Waals surface area contributed by atoms with Gasteiger partial charge in [-0.1, -0.05) is 0 Å². The summed E-state index contributed by atoms with van der Waals surface area (Å²) in [6.45, 7) is 4.88. The molecule has 2 rings (SSSR count). The van der Waals surface area contributed by atoms with Crippen molar-refractivity contribution in [3.05, 3.63) is 24.3 Å². The van der Waals surface area contributed by atoms with Gasteiger partial charge in [-0.15, -0.1) is 24.8 Å². The van der Waals surface area contributed by atoms with Crippen LogP contribution in [0.25, 0.3) is 0 Å². The molecule has 1 aromatic rings. The lowest BCUT2D eigenvalue weighted by atomic mass is 10.3. The molecule has 1 heterocycles. The summed E-state index contributed by atoms with van der Waals surface area (Å²) >= 11 is -0.269. The number of nitrogens with zero attached hydrogens (tertiary/aromatic N) is 1. The lowest BCUT2D eigenvalue weighted by Crippen LogP contribution is -2.44. The molecule has 1 aliphatic heterocycles. The third kappa shape index (κ3) is 9.12. The molecule has 12 heteroatoms. The van der Waals surface area contributed by atoms with Crippen LogP contribution in [0.2, 0.25) is 0 Å². The molecule has 0 aliphatic carbocycles. The number of halogens is 5. The highest BCUT2D eigenvalue weighted by atomic mass is 35.5. The molecule has 0 atom stereocenters. The van der Waals surface area contributed by atoms with Crippen molar-refractivity contribution in [3.8, 4) is 0 Å². The maximum atomic E-state index is 12.3. The third-order valence-electron chi connectivity index (χ3n) is 3.52. The average molecular weight is 456 g/mol. The van der Waals surface area contributed by atoms with E-state index in [1.54, 1.807) is 0 Å². The highest BCUT2D eigenvalue weighted by Gasteiger charge is 2.29. The first-order valence-corrected chi connectivity index (χ1v) is 9.85. The molecule has 0 radical (unpaired) electrons. The van der Waals surface area contributed by atoms with Crippen molar-refractivity contribution >= 4 is 46.6 Å². The van der Waals surface area contributed by atoms with Gasteiger partial charge in [-0.25, -0.2) is 13.1 Å². The van der Waals surface area contributed by atoms with Crippen molar-refractivity contribution in [1.29, 1.82) is 0 Å². The van der Waals surface area contributed by atoms with E-state index in [1.807, 2.05) is 0 Å². The van der Waals surface area contributed by atoms with Gasteiger partial charge < -0.3 is 10.2 Å². The second kappa shape index (κ2) is 11.6. The SMILES string of the molecule is Cl.Cl.O=S(=O)(NCCCN1CCNCC1)c1ccc(SC(F)(F)F)cc1. The summed E-state index contributed by atoms with van der Waals surface area (Å²) in [6.07, 6.45) is 0.682. The van der Waals surface area contributed by atoms with E-state index in [9.17, 15) is 21.6 Å². The molecule has 0 amide bonds. The molecule has 0 unspecified atom stereocenters. The van der Waals surface area contributed by atoms with Crippen LogP contribution in [0.3, 0.4) is 0 Å². The predicted molar refractivity (Wildman–Crippen MR) is 102 cm³/mol. The summed E-state index contributed by atoms with van der Waals surface area (Å²) in [6, 6.07) is 4.69. The second-order valence-electron chi connectivity index (χ2n) is 5.36. The first-order valence-electron chi connectivity index (χ1n) is 7.55. The minimum atomic E-state index is -4.39. The first-order chi connectivity index (χ1) is 11.3. The lowest BCUT2D eigenvalue weighted by Gasteiger charge is -2.27. The summed E-state index contributed by atoms with van der Waals surface area (Å²) in [5.74, 6) is 0. The fraction of sp³-hybridized carbons (Fsp3) is 0.571. The molecule has 1 aromatic carbocycles. The molecule has 5 nitrogen and oxygen atoms in total. The van der Waals surface area contributed by atoms with Crippen LogP contribution < -0.4 is 10.0 Å². The summed E-state index contributed by atoms with van der Waals surface area (Å²) in [7, 11) is -3.70. The van der Waals surface area contributed by atoms with E-state index >= 15 is 0 Å². The zero-order valence-corrected chi connectivity index (χ0v) is 17.1. The molecule has 26 heavy (non-hydrogen) atoms. The van der Waals surface area contributed by atoms with Crippen molar-refractivity contribution in [2.45, 2.75) is 21.7 Å². The van der Waals surface area contributed by atoms with Crippen molar-refractivity contribution in [2.24, 2.45) is 0 Å². The van der Waals surface area contributed by atoms with Crippen LogP contribution in [-0.4, -0.2) is 58.1 Å². The number of rotatable bonds is 7. The van der Waals surface area contributed by atoms with E-state index < -0.39 is 15.5 Å². The Balaban J connectivity index is 0.00000312. The van der Waals surface area contributed by atoms with Crippen LogP contribution in [0.1, 0.15) is 6.42 Å². The van der Waals surface area contributed by atoms with Gasteiger partial charge in [0.2, 0.25) is 10.0 Å². The molecule has 152 valence electrons. The van der Waals surface area contributed by atoms with Crippen molar-refractivity contribution < 1.29 is 21.6 Å². The Labute approximate surface area is 168 Å². The predicted octanol–water partition coefficient (Wildman–Crippen LogP) is 2.72. The Kier molecular flexibility index (Phi) is 11.5. The number of piperazine rings is 1. The minimum absolute atomic E-state index is 0. The number of hydrogen-bond acceptors (Lipinski definition) is 5. The van der Waals surface area contributed by atoms with Gasteiger partial charge in [0.05, 0.1) is 4.90 Å². The summed E-state index contributed by atoms with van der Waals surface area (Å²) in [5, 5.41) is 3.24. The maximum Gasteiger partial charge on any atom is 0.446 e. The highest BCUT2D eigenvalue weighted by Crippen LogP contribution is 2.36. The Hall–Kier alpha value is -0.230. The lowest BCUT2D eigenvalue weighted by molar-refractivity contribution is -0.0328. The Morgan fingerprint density at radius 2 is 1.69 bits per heavy atom. The largest absolute Gasteiger partial charge is 0.446 e. The topological polar surface area (TPSA) is 61.4 Å². The van der Waals surface area contributed by atoms with E-state index in [-0.39, 0.29) is 46.4 Å². The van der Waals surface area contributed by atoms with E-state index in [4.69, 9.17) is 0 Å². The Morgan fingerprint density at radius 1 is 1.12 bits per heavy atom. The van der Waals surface area contributed by atoms with E-state index in [0.717, 1.165) is 44.9 Å². The molecule has 1 aliphatic rings. The Morgan fingerprint density at radius 3 is 2.23 bits per heavy atom. The van der Waals surface area contributed by atoms with Crippen LogP contribution in [0.4, 0.5) is 13.2 Å². The van der Waals surface area contributed by atoms with Gasteiger partial charge in [0.25, 0.3) is 0 Å². The van der Waals surface area contributed by atoms with Gasteiger partial charge in [-0.2, -0.15) is 13.2 Å². The van der Waals surface area contributed by atoms with Crippen molar-refractivity contribution in [2.75, 3.05) is 39.3 Å². The summed E-state index contributed by atoms with van der Waals surface area (Å²) in [4.78, 5) is 2.19. The van der Waals surface area contributed by atoms with Gasteiger partial charge in [-0.3, -0.25) is 0 Å². The minimum Gasteiger partial charge on any atom is -0.314 e. The number of hydrogen-bond donors (Lipinski definition) is 2. The zero-order valence-electron chi connectivity index (χ0n) is 13.8. The van der Waals surface area contributed by atoms with Crippen molar-refractivity contribution in [3.63, 3.8) is 0 Å². The smallest absolute Gasteiger partial charge is 0.314 e. The quantitative estimate of drug-likeness (QED) is 0.488. The number of thioether (sulfide) groups is 1. The standard InChI is InChI=1S/C14H20F3N3O2S2.2ClH/c15-14(16,17)23-12-2-4-13(5-3-12)24(21,22)19-6-1-9-20-10-7-18-8-11-20;;/h2-5,18-19H,1,6-11H2;2*1H. The van der Waals surface area contributed by atoms with Crippen LogP contribution >= 0.6 is 36.6 Å². The van der Waals surface area contributed by atoms with E-state index in [1.165, 1.54) is 12.1 Å². The van der Waals surface area contributed by atoms with Crippen molar-refractivity contribution in [1.82, 2.24) is 14.9 Å². The average Bonchev–Trinajstić information content (AvgIpc) is 2.52. The molecule has 1 fully saturated rings. The second-order valence-corrected chi connectivity index (χ2v) is 8.27. The fourth-order valence-electron chi connectivity index (χ4n) is 2.35. The van der Waals surface area contributed by atoms with Crippen LogP contribution in [0, 0.1) is 0 Å². The molecule has 0 saturated carbocycles. The maximum absolute atomic E-state index is 12.3. The van der Waals surface area contributed by atoms with Gasteiger partial charge in [0, 0.05) is 37.6 Å². The van der Waals surface area contributed by atoms with Gasteiger partial charge in [0.15, 0.2) is 0 Å². The summed E-state index contributed by atoms with van der Waals surface area (Å²) < 4.78 is 63.5. The zero-order chi connectivity index (χ0) is 17.6.